The van der Waals surface area contributed by atoms with E-state index in [0.717, 1.165) is 6.42 Å². The molecule has 2 fully saturated rings. The van der Waals surface area contributed by atoms with Crippen LogP contribution in [0.4, 0.5) is 9.59 Å². The summed E-state index contributed by atoms with van der Waals surface area (Å²) in [6.45, 7) is 10.9. The number of hydrogen-bond donors (Lipinski definition) is 2. The van der Waals surface area contributed by atoms with Gasteiger partial charge in [0.25, 0.3) is 0 Å². The van der Waals surface area contributed by atoms with Gasteiger partial charge in [0.1, 0.15) is 17.0 Å². The Kier molecular flexibility index (Phi) is 16.0. The molecule has 2 aliphatic rings. The van der Waals surface area contributed by atoms with E-state index in [1.807, 2.05) is 79.5 Å². The van der Waals surface area contributed by atoms with Crippen LogP contribution in [-0.2, 0) is 28.5 Å². The lowest BCUT2D eigenvalue weighted by Crippen LogP contribution is -2.39. The lowest BCUT2D eigenvalue weighted by Gasteiger charge is -2.22. The Morgan fingerprint density at radius 3 is 1.70 bits per heavy atom. The number of alkyl carbamates (subject to hydrolysis) is 2. The van der Waals surface area contributed by atoms with Gasteiger partial charge in [-0.2, -0.15) is 0 Å². The van der Waals surface area contributed by atoms with Crippen molar-refractivity contribution < 1.29 is 38.1 Å². The molecule has 2 amide bonds. The minimum Gasteiger partial charge on any atom is -0.444 e. The van der Waals surface area contributed by atoms with Gasteiger partial charge in [-0.15, -0.1) is 0 Å². The van der Waals surface area contributed by atoms with Gasteiger partial charge in [0, 0.05) is 65.4 Å². The fourth-order valence-corrected chi connectivity index (χ4v) is 3.74. The zero-order valence-corrected chi connectivity index (χ0v) is 26.5. The van der Waals surface area contributed by atoms with Crippen LogP contribution in [0.2, 0.25) is 0 Å². The number of hydrogen-bond acceptors (Lipinski definition) is 10. The van der Waals surface area contributed by atoms with Gasteiger partial charge in [0.15, 0.2) is 5.78 Å². The summed E-state index contributed by atoms with van der Waals surface area (Å²) in [4.78, 5) is 49.2. The largest absolute Gasteiger partial charge is 0.444 e. The van der Waals surface area contributed by atoms with Gasteiger partial charge < -0.3 is 34.5 Å². The van der Waals surface area contributed by atoms with Gasteiger partial charge in [-0.1, -0.05) is 0 Å². The summed E-state index contributed by atoms with van der Waals surface area (Å²) in [7, 11) is 10.7. The smallest absolute Gasteiger partial charge is 0.408 e. The predicted octanol–water partition coefficient (Wildman–Crippen LogP) is 3.45. The molecule has 2 rings (SSSR count). The molecule has 0 aromatic rings. The molecule has 2 saturated carbocycles. The fraction of sp³-hybridized carbons (Fsp3) is 0.786. The average molecular weight is 573 g/mol. The number of carbonyl (C=O) groups excluding carboxylic acids is 4. The van der Waals surface area contributed by atoms with E-state index in [2.05, 4.69) is 10.6 Å². The monoisotopic (exact) mass is 572 g/mol. The highest BCUT2D eigenvalue weighted by Gasteiger charge is 2.31. The molecule has 0 aromatic heterocycles. The number of nitrogens with one attached hydrogen (secondary N) is 2. The van der Waals surface area contributed by atoms with Crippen LogP contribution >= 0.6 is 0 Å². The van der Waals surface area contributed by atoms with Crippen molar-refractivity contribution in [2.45, 2.75) is 103 Å². The summed E-state index contributed by atoms with van der Waals surface area (Å²) in [5.41, 5.74) is -0.365. The normalized spacial score (nSPS) is 20.0. The van der Waals surface area contributed by atoms with Gasteiger partial charge in [-0.25, -0.2) is 9.59 Å². The van der Waals surface area contributed by atoms with Crippen LogP contribution < -0.4 is 10.6 Å². The standard InChI is InChI=1S/C13H22N2O3.C10H17NO3.C5H13NO2/c1-13(2,3)18-12(17)14-10-6-7-11(16)9(10)8-15(4)5;1-10(2,3)14-9(13)11-7-4-5-8(12)6-7;1-6(2)5(7-3)8-4/h8,10H,6-7H2,1-5H3,(H,14,17);7H,4-6H2,1-3H3,(H,11,13);5H,1-4H3/b9-8+;;. The zero-order valence-electron chi connectivity index (χ0n) is 26.5. The number of ketones is 2. The summed E-state index contributed by atoms with van der Waals surface area (Å²) in [6, 6.07) is -0.271. The minimum atomic E-state index is -0.530. The van der Waals surface area contributed by atoms with Crippen LogP contribution in [0.1, 0.15) is 73.6 Å². The van der Waals surface area contributed by atoms with Crippen LogP contribution in [0.15, 0.2) is 11.8 Å². The van der Waals surface area contributed by atoms with Crippen LogP contribution in [0.5, 0.6) is 0 Å². The van der Waals surface area contributed by atoms with Gasteiger partial charge in [0.05, 0.1) is 6.04 Å². The molecular weight excluding hydrogens is 520 g/mol. The summed E-state index contributed by atoms with van der Waals surface area (Å²) in [6.07, 6.45) is 3.49. The van der Waals surface area contributed by atoms with Gasteiger partial charge in [-0.3, -0.25) is 14.5 Å². The van der Waals surface area contributed by atoms with E-state index < -0.39 is 23.4 Å². The molecule has 2 atom stereocenters. The predicted molar refractivity (Wildman–Crippen MR) is 153 cm³/mol. The first kappa shape index (κ1) is 37.3. The third kappa shape index (κ3) is 17.1. The maximum Gasteiger partial charge on any atom is 0.408 e. The number of amides is 2. The fourth-order valence-electron chi connectivity index (χ4n) is 3.74. The Bertz CT molecular complexity index is 855. The van der Waals surface area contributed by atoms with Gasteiger partial charge >= 0.3 is 12.2 Å². The first-order chi connectivity index (χ1) is 18.3. The Hall–Kier alpha value is -2.70. The van der Waals surface area contributed by atoms with Crippen molar-refractivity contribution in [3.05, 3.63) is 11.8 Å². The molecule has 0 radical (unpaired) electrons. The van der Waals surface area contributed by atoms with Crippen molar-refractivity contribution in [3.63, 3.8) is 0 Å². The van der Waals surface area contributed by atoms with Crippen LogP contribution in [-0.4, -0.2) is 106 Å². The van der Waals surface area contributed by atoms with Crippen molar-refractivity contribution in [2.24, 2.45) is 0 Å². The summed E-state index contributed by atoms with van der Waals surface area (Å²) in [5.74, 6) is 0.302. The second-order valence-corrected chi connectivity index (χ2v) is 12.1. The Morgan fingerprint density at radius 1 is 0.850 bits per heavy atom. The first-order valence-corrected chi connectivity index (χ1v) is 13.4. The SMILES string of the molecule is CC(C)(C)OC(=O)NC1CCC(=O)C1.CN(C)/C=C1/C(=O)CCC1NC(=O)OC(C)(C)C.COC(OC)N(C)C. The lowest BCUT2D eigenvalue weighted by molar-refractivity contribution is -0.179. The molecular formula is C28H52N4O8. The minimum absolute atomic E-state index is 0.0302. The van der Waals surface area contributed by atoms with Crippen molar-refractivity contribution in [3.8, 4) is 0 Å². The molecule has 40 heavy (non-hydrogen) atoms. The van der Waals surface area contributed by atoms with E-state index >= 15 is 0 Å². The molecule has 2 unspecified atom stereocenters. The van der Waals surface area contributed by atoms with E-state index in [0.29, 0.717) is 31.3 Å². The molecule has 12 heteroatoms. The summed E-state index contributed by atoms with van der Waals surface area (Å²) < 4.78 is 20.0. The van der Waals surface area contributed by atoms with Gasteiger partial charge in [0.2, 0.25) is 6.41 Å². The average Bonchev–Trinajstić information content (AvgIpc) is 3.32. The number of methoxy groups -OCH3 is 2. The molecule has 2 N–H and O–H groups in total. The van der Waals surface area contributed by atoms with Crippen molar-refractivity contribution in [1.29, 1.82) is 0 Å². The molecule has 0 bridgehead atoms. The Morgan fingerprint density at radius 2 is 1.35 bits per heavy atom. The van der Waals surface area contributed by atoms with Crippen LogP contribution in [0.25, 0.3) is 0 Å². The summed E-state index contributed by atoms with van der Waals surface area (Å²) in [5, 5.41) is 5.43. The maximum atomic E-state index is 11.7. The molecule has 232 valence electrons. The second kappa shape index (κ2) is 17.2. The van der Waals surface area contributed by atoms with Crippen molar-refractivity contribution in [1.82, 2.24) is 20.4 Å². The molecule has 0 aromatic carbocycles. The highest BCUT2D eigenvalue weighted by molar-refractivity contribution is 5.99. The number of rotatable bonds is 6. The number of nitrogens with zero attached hydrogens (tertiary/aromatic N) is 2. The summed E-state index contributed by atoms with van der Waals surface area (Å²) >= 11 is 0. The number of carbonyl (C=O) groups is 4. The highest BCUT2D eigenvalue weighted by Crippen LogP contribution is 2.22. The first-order valence-electron chi connectivity index (χ1n) is 13.4. The number of Topliss-reactive ketones (excluding diaryl/α,β-unsaturated/α-hetero) is 2. The molecule has 0 aliphatic heterocycles. The van der Waals surface area contributed by atoms with E-state index in [4.69, 9.17) is 18.9 Å². The van der Waals surface area contributed by atoms with Crippen molar-refractivity contribution >= 4 is 23.8 Å². The molecule has 2 aliphatic carbocycles. The van der Waals surface area contributed by atoms with E-state index in [1.165, 1.54) is 0 Å². The molecule has 12 nitrogen and oxygen atoms in total. The third-order valence-corrected chi connectivity index (χ3v) is 5.24. The maximum absolute atomic E-state index is 11.7. The van der Waals surface area contributed by atoms with Crippen LogP contribution in [0, 0.1) is 0 Å². The highest BCUT2D eigenvalue weighted by atomic mass is 16.7. The lowest BCUT2D eigenvalue weighted by atomic mass is 10.1. The number of ether oxygens (including phenoxy) is 4. The van der Waals surface area contributed by atoms with E-state index in [9.17, 15) is 19.2 Å². The van der Waals surface area contributed by atoms with Crippen molar-refractivity contribution in [2.75, 3.05) is 42.4 Å². The van der Waals surface area contributed by atoms with E-state index in [1.54, 1.807) is 20.4 Å². The molecule has 0 saturated heterocycles. The zero-order chi connectivity index (χ0) is 31.3. The Labute approximate surface area is 240 Å². The second-order valence-electron chi connectivity index (χ2n) is 12.1. The molecule has 0 spiro atoms. The Balaban J connectivity index is 0.000000614. The topological polar surface area (TPSA) is 136 Å². The quantitative estimate of drug-likeness (QED) is 0.360. The van der Waals surface area contributed by atoms with E-state index in [-0.39, 0.29) is 30.1 Å². The van der Waals surface area contributed by atoms with Crippen LogP contribution in [0.3, 0.4) is 0 Å². The third-order valence-electron chi connectivity index (χ3n) is 5.24. The molecule has 0 heterocycles. The van der Waals surface area contributed by atoms with Gasteiger partial charge in [-0.05, 0) is 68.5 Å².